The van der Waals surface area contributed by atoms with Crippen LogP contribution in [-0.2, 0) is 6.42 Å². The summed E-state index contributed by atoms with van der Waals surface area (Å²) in [5, 5.41) is 12.8. The van der Waals surface area contributed by atoms with Gasteiger partial charge in [-0.05, 0) is 74.3 Å². The molecule has 0 unspecified atom stereocenters. The van der Waals surface area contributed by atoms with Gasteiger partial charge in [0, 0.05) is 25.2 Å². The third-order valence-corrected chi connectivity index (χ3v) is 6.66. The molecule has 0 spiro atoms. The van der Waals surface area contributed by atoms with Crippen molar-refractivity contribution in [1.29, 1.82) is 5.26 Å². The Bertz CT molecular complexity index is 1180. The van der Waals surface area contributed by atoms with Crippen molar-refractivity contribution in [3.05, 3.63) is 59.2 Å². The highest BCUT2D eigenvalue weighted by atomic mass is 19.1. The summed E-state index contributed by atoms with van der Waals surface area (Å²) in [4.78, 5) is 12.0. The maximum absolute atomic E-state index is 14.1. The lowest BCUT2D eigenvalue weighted by atomic mass is 9.90. The van der Waals surface area contributed by atoms with E-state index in [1.165, 1.54) is 12.5 Å². The van der Waals surface area contributed by atoms with Crippen molar-refractivity contribution in [3.8, 4) is 6.07 Å². The van der Waals surface area contributed by atoms with Crippen LogP contribution in [0.1, 0.15) is 43.2 Å². The van der Waals surface area contributed by atoms with Gasteiger partial charge in [0.2, 0.25) is 0 Å². The number of hydrogen-bond acceptors (Lipinski definition) is 5. The predicted octanol–water partition coefficient (Wildman–Crippen LogP) is 5.20. The molecule has 7 heteroatoms. The summed E-state index contributed by atoms with van der Waals surface area (Å²) in [5.41, 5.74) is 2.63. The number of benzene rings is 2. The number of nitriles is 1. The van der Waals surface area contributed by atoms with Crippen LogP contribution in [0.4, 0.5) is 20.4 Å². The molecule has 1 aliphatic carbocycles. The Morgan fingerprint density at radius 2 is 1.81 bits per heavy atom. The molecule has 0 amide bonds. The van der Waals surface area contributed by atoms with Gasteiger partial charge in [0.15, 0.2) is 11.6 Å². The van der Waals surface area contributed by atoms with Crippen LogP contribution < -0.4 is 10.2 Å². The highest BCUT2D eigenvalue weighted by Gasteiger charge is 2.26. The quantitative estimate of drug-likeness (QED) is 0.599. The Labute approximate surface area is 186 Å². The van der Waals surface area contributed by atoms with E-state index in [0.717, 1.165) is 62.0 Å². The highest BCUT2D eigenvalue weighted by molar-refractivity contribution is 5.82. The molecule has 2 heterocycles. The van der Waals surface area contributed by atoms with E-state index in [4.69, 9.17) is 9.97 Å². The van der Waals surface area contributed by atoms with Gasteiger partial charge >= 0.3 is 0 Å². The summed E-state index contributed by atoms with van der Waals surface area (Å²) in [7, 11) is 0. The first-order chi connectivity index (χ1) is 15.6. The topological polar surface area (TPSA) is 64.8 Å². The average molecular weight is 434 g/mol. The number of piperidine rings is 1. The standard InChI is InChI=1S/C25H25F2N5/c26-19-6-5-18(21(27)14-19)12-16-8-10-32(11-9-16)25-24(29-20-2-1-3-20)30-22-7-4-17(15-28)13-23(22)31-25/h4-7,13-14,16,20H,1-3,8-12H2,(H,29,30). The molecule has 0 bridgehead atoms. The lowest BCUT2D eigenvalue weighted by Crippen LogP contribution is -2.36. The zero-order valence-corrected chi connectivity index (χ0v) is 17.8. The number of aromatic nitrogens is 2. The molecule has 0 atom stereocenters. The van der Waals surface area contributed by atoms with Gasteiger partial charge in [-0.25, -0.2) is 18.7 Å². The monoisotopic (exact) mass is 433 g/mol. The Hall–Kier alpha value is -3.27. The third-order valence-electron chi connectivity index (χ3n) is 6.66. The Morgan fingerprint density at radius 3 is 2.50 bits per heavy atom. The molecule has 1 N–H and O–H groups in total. The summed E-state index contributed by atoms with van der Waals surface area (Å²) < 4.78 is 27.3. The molecule has 5 rings (SSSR count). The SMILES string of the molecule is N#Cc1ccc2nc(NC3CCC3)c(N3CCC(Cc4ccc(F)cc4F)CC3)nc2c1. The van der Waals surface area contributed by atoms with Crippen LogP contribution in [0.3, 0.4) is 0 Å². The molecule has 2 aliphatic rings. The average Bonchev–Trinajstić information content (AvgIpc) is 2.78. The number of fused-ring (bicyclic) bond motifs is 1. The van der Waals surface area contributed by atoms with Crippen molar-refractivity contribution in [3.63, 3.8) is 0 Å². The van der Waals surface area contributed by atoms with Crippen molar-refractivity contribution >= 4 is 22.7 Å². The number of nitrogens with zero attached hydrogens (tertiary/aromatic N) is 4. The molecule has 164 valence electrons. The van der Waals surface area contributed by atoms with Crippen molar-refractivity contribution in [1.82, 2.24) is 9.97 Å². The van der Waals surface area contributed by atoms with Gasteiger partial charge in [0.1, 0.15) is 11.6 Å². The van der Waals surface area contributed by atoms with E-state index in [-0.39, 0.29) is 0 Å². The molecule has 1 saturated carbocycles. The first-order valence-corrected chi connectivity index (χ1v) is 11.3. The van der Waals surface area contributed by atoms with Gasteiger partial charge in [-0.15, -0.1) is 0 Å². The fourth-order valence-electron chi connectivity index (χ4n) is 4.52. The fourth-order valence-corrected chi connectivity index (χ4v) is 4.52. The molecule has 3 aromatic rings. The zero-order valence-electron chi connectivity index (χ0n) is 17.8. The second-order valence-electron chi connectivity index (χ2n) is 8.85. The predicted molar refractivity (Wildman–Crippen MR) is 121 cm³/mol. The molecule has 1 aliphatic heterocycles. The molecular weight excluding hydrogens is 408 g/mol. The summed E-state index contributed by atoms with van der Waals surface area (Å²) in [6.45, 7) is 1.59. The number of halogens is 2. The minimum absolute atomic E-state index is 0.341. The van der Waals surface area contributed by atoms with Gasteiger partial charge < -0.3 is 10.2 Å². The Balaban J connectivity index is 1.36. The summed E-state index contributed by atoms with van der Waals surface area (Å²) in [6.07, 6.45) is 5.91. The van der Waals surface area contributed by atoms with E-state index < -0.39 is 11.6 Å². The minimum Gasteiger partial charge on any atom is -0.364 e. The second kappa shape index (κ2) is 8.70. The largest absolute Gasteiger partial charge is 0.364 e. The number of nitrogens with one attached hydrogen (secondary N) is 1. The van der Waals surface area contributed by atoms with Gasteiger partial charge in [-0.2, -0.15) is 5.26 Å². The highest BCUT2D eigenvalue weighted by Crippen LogP contribution is 2.33. The van der Waals surface area contributed by atoms with Gasteiger partial charge in [0.05, 0.1) is 22.7 Å². The van der Waals surface area contributed by atoms with Crippen LogP contribution in [0.2, 0.25) is 0 Å². The van der Waals surface area contributed by atoms with E-state index in [0.29, 0.717) is 35.0 Å². The minimum atomic E-state index is -0.540. The van der Waals surface area contributed by atoms with Crippen molar-refractivity contribution in [2.45, 2.75) is 44.6 Å². The van der Waals surface area contributed by atoms with E-state index in [1.807, 2.05) is 6.07 Å². The lowest BCUT2D eigenvalue weighted by molar-refractivity contribution is 0.396. The molecular formula is C25H25F2N5. The van der Waals surface area contributed by atoms with Crippen molar-refractivity contribution in [2.24, 2.45) is 5.92 Å². The summed E-state index contributed by atoms with van der Waals surface area (Å²) >= 11 is 0. The smallest absolute Gasteiger partial charge is 0.172 e. The lowest BCUT2D eigenvalue weighted by Gasteiger charge is -2.35. The van der Waals surface area contributed by atoms with Crippen LogP contribution in [0.25, 0.3) is 11.0 Å². The van der Waals surface area contributed by atoms with E-state index in [1.54, 1.807) is 18.2 Å². The molecule has 1 saturated heterocycles. The van der Waals surface area contributed by atoms with Gasteiger partial charge in [-0.1, -0.05) is 6.07 Å². The Morgan fingerprint density at radius 1 is 1.00 bits per heavy atom. The van der Waals surface area contributed by atoms with Crippen LogP contribution in [0.5, 0.6) is 0 Å². The maximum atomic E-state index is 14.1. The van der Waals surface area contributed by atoms with E-state index >= 15 is 0 Å². The molecule has 2 aromatic carbocycles. The molecule has 2 fully saturated rings. The summed E-state index contributed by atoms with van der Waals surface area (Å²) in [5.74, 6) is 0.962. The summed E-state index contributed by atoms with van der Waals surface area (Å²) in [6, 6.07) is 11.8. The number of hydrogen-bond donors (Lipinski definition) is 1. The van der Waals surface area contributed by atoms with Crippen LogP contribution in [-0.4, -0.2) is 29.1 Å². The van der Waals surface area contributed by atoms with Gasteiger partial charge in [0.25, 0.3) is 0 Å². The van der Waals surface area contributed by atoms with Gasteiger partial charge in [-0.3, -0.25) is 0 Å². The normalized spacial score (nSPS) is 17.2. The van der Waals surface area contributed by atoms with Crippen LogP contribution in [0, 0.1) is 28.9 Å². The number of anilines is 2. The molecule has 5 nitrogen and oxygen atoms in total. The van der Waals surface area contributed by atoms with E-state index in [2.05, 4.69) is 16.3 Å². The van der Waals surface area contributed by atoms with E-state index in [9.17, 15) is 14.0 Å². The van der Waals surface area contributed by atoms with Crippen LogP contribution >= 0.6 is 0 Å². The van der Waals surface area contributed by atoms with Crippen molar-refractivity contribution in [2.75, 3.05) is 23.3 Å². The molecule has 1 aromatic heterocycles. The van der Waals surface area contributed by atoms with Crippen LogP contribution in [0.15, 0.2) is 36.4 Å². The first-order valence-electron chi connectivity index (χ1n) is 11.3. The maximum Gasteiger partial charge on any atom is 0.172 e. The number of rotatable bonds is 5. The first kappa shape index (κ1) is 20.6. The third kappa shape index (κ3) is 4.22. The molecule has 32 heavy (non-hydrogen) atoms. The zero-order chi connectivity index (χ0) is 22.1. The second-order valence-corrected chi connectivity index (χ2v) is 8.85. The molecule has 0 radical (unpaired) electrons. The fraction of sp³-hybridized carbons (Fsp3) is 0.400. The van der Waals surface area contributed by atoms with Crippen molar-refractivity contribution < 1.29 is 8.78 Å². The Kier molecular flexibility index (Phi) is 5.60.